The summed E-state index contributed by atoms with van der Waals surface area (Å²) in [6, 6.07) is 5.95. The molecule has 1 rings (SSSR count). The Labute approximate surface area is 113 Å². The lowest BCUT2D eigenvalue weighted by Gasteiger charge is -2.27. The molecule has 4 heteroatoms. The second-order valence-corrected chi connectivity index (χ2v) is 4.66. The second-order valence-electron chi connectivity index (χ2n) is 4.25. The molecule has 1 N–H and O–H groups in total. The van der Waals surface area contributed by atoms with E-state index in [1.807, 2.05) is 19.2 Å². The third-order valence-corrected chi connectivity index (χ3v) is 3.32. The Morgan fingerprint density at radius 1 is 1.56 bits per heavy atom. The first kappa shape index (κ1) is 14.6. The third-order valence-electron chi connectivity index (χ3n) is 3.02. The van der Waals surface area contributed by atoms with Gasteiger partial charge in [0.05, 0.1) is 10.7 Å². The minimum Gasteiger partial charge on any atom is -0.478 e. The summed E-state index contributed by atoms with van der Waals surface area (Å²) in [6.07, 6.45) is 3.67. The fourth-order valence-corrected chi connectivity index (χ4v) is 1.91. The number of aliphatic carboxylic acids is 1. The maximum absolute atomic E-state index is 10.4. The van der Waals surface area contributed by atoms with Gasteiger partial charge in [-0.05, 0) is 37.1 Å². The van der Waals surface area contributed by atoms with Gasteiger partial charge < -0.3 is 10.0 Å². The molecule has 98 valence electrons. The van der Waals surface area contributed by atoms with Crippen LogP contribution in [0, 0.1) is 0 Å². The largest absolute Gasteiger partial charge is 0.478 e. The predicted octanol–water partition coefficient (Wildman–Crippen LogP) is 3.67. The van der Waals surface area contributed by atoms with Gasteiger partial charge in [-0.3, -0.25) is 0 Å². The molecule has 0 amide bonds. The van der Waals surface area contributed by atoms with E-state index in [0.29, 0.717) is 11.1 Å². The van der Waals surface area contributed by atoms with E-state index < -0.39 is 5.97 Å². The Morgan fingerprint density at radius 2 is 2.22 bits per heavy atom. The highest BCUT2D eigenvalue weighted by Crippen LogP contribution is 2.28. The van der Waals surface area contributed by atoms with Crippen molar-refractivity contribution in [1.82, 2.24) is 0 Å². The summed E-state index contributed by atoms with van der Waals surface area (Å²) in [6.45, 7) is 4.26. The number of carboxylic acid groups (broad SMARTS) is 1. The lowest BCUT2D eigenvalue weighted by Crippen LogP contribution is -2.28. The highest BCUT2D eigenvalue weighted by atomic mass is 35.5. The number of hydrogen-bond acceptors (Lipinski definition) is 2. The maximum atomic E-state index is 10.4. The Bertz CT molecular complexity index is 457. The molecule has 1 unspecified atom stereocenters. The molecule has 0 spiro atoms. The lowest BCUT2D eigenvalue weighted by molar-refractivity contribution is -0.131. The van der Waals surface area contributed by atoms with Gasteiger partial charge in [0, 0.05) is 19.2 Å². The Morgan fingerprint density at radius 3 is 2.72 bits per heavy atom. The first-order chi connectivity index (χ1) is 8.45. The molecular weight excluding hydrogens is 250 g/mol. The van der Waals surface area contributed by atoms with Crippen LogP contribution in [0.15, 0.2) is 24.3 Å². The maximum Gasteiger partial charge on any atom is 0.328 e. The molecule has 3 nitrogen and oxygen atoms in total. The number of nitrogens with zero attached hydrogens (tertiary/aromatic N) is 1. The Hall–Kier alpha value is -1.48. The average Bonchev–Trinajstić information content (AvgIpc) is 2.34. The summed E-state index contributed by atoms with van der Waals surface area (Å²) in [5, 5.41) is 9.19. The van der Waals surface area contributed by atoms with E-state index in [0.717, 1.165) is 23.7 Å². The van der Waals surface area contributed by atoms with Crippen molar-refractivity contribution in [3.8, 4) is 0 Å². The number of carboxylic acids is 1. The number of halogens is 1. The topological polar surface area (TPSA) is 40.5 Å². The molecule has 0 aliphatic heterocycles. The van der Waals surface area contributed by atoms with Gasteiger partial charge >= 0.3 is 5.97 Å². The number of benzene rings is 1. The van der Waals surface area contributed by atoms with Crippen molar-refractivity contribution < 1.29 is 9.90 Å². The summed E-state index contributed by atoms with van der Waals surface area (Å²) < 4.78 is 0. The summed E-state index contributed by atoms with van der Waals surface area (Å²) >= 11 is 6.22. The van der Waals surface area contributed by atoms with Gasteiger partial charge in [0.25, 0.3) is 0 Å². The fourth-order valence-electron chi connectivity index (χ4n) is 1.59. The van der Waals surface area contributed by atoms with Crippen molar-refractivity contribution in [3.05, 3.63) is 34.9 Å². The van der Waals surface area contributed by atoms with Crippen LogP contribution in [0.5, 0.6) is 0 Å². The van der Waals surface area contributed by atoms with Crippen molar-refractivity contribution in [2.24, 2.45) is 0 Å². The van der Waals surface area contributed by atoms with Crippen LogP contribution in [0.1, 0.15) is 25.8 Å². The molecule has 0 bridgehead atoms. The quantitative estimate of drug-likeness (QED) is 0.828. The van der Waals surface area contributed by atoms with Crippen molar-refractivity contribution >= 4 is 29.3 Å². The van der Waals surface area contributed by atoms with E-state index in [9.17, 15) is 4.79 Å². The van der Waals surface area contributed by atoms with Crippen LogP contribution in [-0.4, -0.2) is 24.2 Å². The van der Waals surface area contributed by atoms with E-state index in [4.69, 9.17) is 16.7 Å². The molecule has 1 aromatic rings. The van der Waals surface area contributed by atoms with Crippen LogP contribution >= 0.6 is 11.6 Å². The van der Waals surface area contributed by atoms with Crippen molar-refractivity contribution in [1.29, 1.82) is 0 Å². The minimum atomic E-state index is -0.966. The summed E-state index contributed by atoms with van der Waals surface area (Å²) in [4.78, 5) is 12.6. The molecule has 18 heavy (non-hydrogen) atoms. The molecule has 0 aromatic heterocycles. The number of hydrogen-bond donors (Lipinski definition) is 1. The molecule has 0 heterocycles. The zero-order valence-electron chi connectivity index (χ0n) is 10.9. The van der Waals surface area contributed by atoms with Crippen molar-refractivity contribution in [2.45, 2.75) is 26.3 Å². The highest BCUT2D eigenvalue weighted by Gasteiger charge is 2.11. The van der Waals surface area contributed by atoms with Crippen LogP contribution in [0.25, 0.3) is 6.08 Å². The van der Waals surface area contributed by atoms with Gasteiger partial charge in [-0.25, -0.2) is 4.79 Å². The molecule has 0 radical (unpaired) electrons. The van der Waals surface area contributed by atoms with Crippen LogP contribution in [0.2, 0.25) is 5.02 Å². The third kappa shape index (κ3) is 3.77. The number of carbonyl (C=O) groups is 1. The van der Waals surface area contributed by atoms with Crippen LogP contribution in [0.4, 0.5) is 5.69 Å². The number of anilines is 1. The molecule has 0 saturated heterocycles. The van der Waals surface area contributed by atoms with E-state index >= 15 is 0 Å². The molecule has 0 aliphatic rings. The number of rotatable bonds is 5. The van der Waals surface area contributed by atoms with Gasteiger partial charge in [-0.1, -0.05) is 24.6 Å². The summed E-state index contributed by atoms with van der Waals surface area (Å²) in [7, 11) is 2.00. The SMILES string of the molecule is CCC(C)N(C)c1ccc(/C=C/C(=O)O)cc1Cl. The minimum absolute atomic E-state index is 0.405. The fraction of sp³-hybridized carbons (Fsp3) is 0.357. The van der Waals surface area contributed by atoms with Gasteiger partial charge in [0.1, 0.15) is 0 Å². The molecule has 0 fully saturated rings. The molecule has 1 aromatic carbocycles. The van der Waals surface area contributed by atoms with Gasteiger partial charge in [0.2, 0.25) is 0 Å². The molecular formula is C14H18ClNO2. The molecule has 0 aliphatic carbocycles. The standard InChI is InChI=1S/C14H18ClNO2/c1-4-10(2)16(3)13-7-5-11(9-12(13)15)6-8-14(17)18/h5-10H,4H2,1-3H3,(H,17,18)/b8-6+. The summed E-state index contributed by atoms with van der Waals surface area (Å²) in [5.74, 6) is -0.966. The Kier molecular flexibility index (Phi) is 5.23. The second kappa shape index (κ2) is 6.45. The molecule has 0 saturated carbocycles. The van der Waals surface area contributed by atoms with E-state index in [2.05, 4.69) is 18.7 Å². The highest BCUT2D eigenvalue weighted by molar-refractivity contribution is 6.33. The van der Waals surface area contributed by atoms with Gasteiger partial charge in [-0.15, -0.1) is 0 Å². The monoisotopic (exact) mass is 267 g/mol. The van der Waals surface area contributed by atoms with E-state index in [1.165, 1.54) is 6.08 Å². The van der Waals surface area contributed by atoms with Crippen LogP contribution in [-0.2, 0) is 4.79 Å². The first-order valence-corrected chi connectivity index (χ1v) is 6.27. The Balaban J connectivity index is 2.96. The van der Waals surface area contributed by atoms with E-state index in [-0.39, 0.29) is 0 Å². The summed E-state index contributed by atoms with van der Waals surface area (Å²) in [5.41, 5.74) is 1.74. The lowest BCUT2D eigenvalue weighted by atomic mass is 10.1. The van der Waals surface area contributed by atoms with Crippen LogP contribution < -0.4 is 4.90 Å². The van der Waals surface area contributed by atoms with Gasteiger partial charge in [0.15, 0.2) is 0 Å². The van der Waals surface area contributed by atoms with E-state index in [1.54, 1.807) is 6.07 Å². The predicted molar refractivity (Wildman–Crippen MR) is 76.3 cm³/mol. The smallest absolute Gasteiger partial charge is 0.328 e. The molecule has 1 atom stereocenters. The normalized spacial score (nSPS) is 12.7. The van der Waals surface area contributed by atoms with Crippen LogP contribution in [0.3, 0.4) is 0 Å². The average molecular weight is 268 g/mol. The van der Waals surface area contributed by atoms with Crippen molar-refractivity contribution in [3.63, 3.8) is 0 Å². The zero-order chi connectivity index (χ0) is 13.7. The van der Waals surface area contributed by atoms with Crippen molar-refractivity contribution in [2.75, 3.05) is 11.9 Å². The first-order valence-electron chi connectivity index (χ1n) is 5.89. The zero-order valence-corrected chi connectivity index (χ0v) is 11.6. The van der Waals surface area contributed by atoms with Gasteiger partial charge in [-0.2, -0.15) is 0 Å².